The second kappa shape index (κ2) is 4.53. The molecule has 0 saturated heterocycles. The van der Waals surface area contributed by atoms with Crippen molar-refractivity contribution in [2.45, 2.75) is 6.54 Å². The van der Waals surface area contributed by atoms with E-state index in [2.05, 4.69) is 10.1 Å². The Morgan fingerprint density at radius 1 is 1.11 bits per heavy atom. The standard InChI is InChI=1S/C14H12N4O/c15-13-11-7-4-8-16-12(11)14(19)18(17-13)9-10-5-2-1-3-6-10/h1-8H,9H2,(H2,15,17). The summed E-state index contributed by atoms with van der Waals surface area (Å²) in [5, 5.41) is 4.73. The Labute approximate surface area is 109 Å². The van der Waals surface area contributed by atoms with Gasteiger partial charge in [0.15, 0.2) is 5.82 Å². The van der Waals surface area contributed by atoms with Crippen molar-refractivity contribution in [3.63, 3.8) is 0 Å². The predicted molar refractivity (Wildman–Crippen MR) is 73.8 cm³/mol. The van der Waals surface area contributed by atoms with E-state index < -0.39 is 0 Å². The van der Waals surface area contributed by atoms with Gasteiger partial charge in [-0.25, -0.2) is 4.68 Å². The highest BCUT2D eigenvalue weighted by atomic mass is 16.1. The Morgan fingerprint density at radius 2 is 1.89 bits per heavy atom. The first-order valence-corrected chi connectivity index (χ1v) is 5.91. The van der Waals surface area contributed by atoms with Crippen molar-refractivity contribution in [2.75, 3.05) is 5.73 Å². The van der Waals surface area contributed by atoms with Crippen molar-refractivity contribution in [2.24, 2.45) is 0 Å². The van der Waals surface area contributed by atoms with Crippen LogP contribution in [-0.2, 0) is 6.54 Å². The first-order chi connectivity index (χ1) is 9.25. The first-order valence-electron chi connectivity index (χ1n) is 5.91. The Balaban J connectivity index is 2.15. The summed E-state index contributed by atoms with van der Waals surface area (Å²) < 4.78 is 1.35. The molecule has 2 N–H and O–H groups in total. The number of anilines is 1. The van der Waals surface area contributed by atoms with E-state index in [0.717, 1.165) is 5.56 Å². The van der Waals surface area contributed by atoms with Crippen LogP contribution in [0, 0.1) is 0 Å². The summed E-state index contributed by atoms with van der Waals surface area (Å²) in [5.74, 6) is 0.318. The van der Waals surface area contributed by atoms with Crippen LogP contribution in [-0.4, -0.2) is 14.8 Å². The predicted octanol–water partition coefficient (Wildman–Crippen LogP) is 1.42. The molecule has 0 unspecified atom stereocenters. The number of nitrogens with two attached hydrogens (primary N) is 1. The smallest absolute Gasteiger partial charge is 0.293 e. The number of hydrogen-bond donors (Lipinski definition) is 1. The van der Waals surface area contributed by atoms with Crippen LogP contribution in [0.1, 0.15) is 5.56 Å². The molecule has 0 amide bonds. The van der Waals surface area contributed by atoms with E-state index in [1.807, 2.05) is 30.3 Å². The first kappa shape index (κ1) is 11.4. The zero-order valence-corrected chi connectivity index (χ0v) is 10.2. The van der Waals surface area contributed by atoms with Crippen molar-refractivity contribution in [3.8, 4) is 0 Å². The molecule has 0 bridgehead atoms. The minimum Gasteiger partial charge on any atom is -0.382 e. The lowest BCUT2D eigenvalue weighted by atomic mass is 10.2. The third kappa shape index (κ3) is 2.06. The van der Waals surface area contributed by atoms with Crippen molar-refractivity contribution in [1.29, 1.82) is 0 Å². The number of fused-ring (bicyclic) bond motifs is 1. The highest BCUT2D eigenvalue weighted by Gasteiger charge is 2.09. The average molecular weight is 252 g/mol. The molecule has 0 atom stereocenters. The van der Waals surface area contributed by atoms with Crippen LogP contribution in [0.3, 0.4) is 0 Å². The van der Waals surface area contributed by atoms with Gasteiger partial charge in [-0.2, -0.15) is 5.10 Å². The number of pyridine rings is 1. The van der Waals surface area contributed by atoms with Gasteiger partial charge in [-0.3, -0.25) is 9.78 Å². The summed E-state index contributed by atoms with van der Waals surface area (Å²) in [7, 11) is 0. The molecule has 5 heteroatoms. The summed E-state index contributed by atoms with van der Waals surface area (Å²) in [6.07, 6.45) is 1.58. The van der Waals surface area contributed by atoms with E-state index in [0.29, 0.717) is 23.3 Å². The van der Waals surface area contributed by atoms with Crippen molar-refractivity contribution < 1.29 is 0 Å². The minimum absolute atomic E-state index is 0.228. The number of benzene rings is 1. The maximum absolute atomic E-state index is 12.3. The van der Waals surface area contributed by atoms with Gasteiger partial charge in [0.2, 0.25) is 0 Å². The quantitative estimate of drug-likeness (QED) is 0.748. The third-order valence-electron chi connectivity index (χ3n) is 2.92. The van der Waals surface area contributed by atoms with Crippen LogP contribution < -0.4 is 11.3 Å². The van der Waals surface area contributed by atoms with Crippen molar-refractivity contribution in [3.05, 3.63) is 64.6 Å². The van der Waals surface area contributed by atoms with Crippen LogP contribution in [0.4, 0.5) is 5.82 Å². The molecule has 0 saturated carbocycles. The fourth-order valence-corrected chi connectivity index (χ4v) is 2.00. The van der Waals surface area contributed by atoms with Gasteiger partial charge in [-0.05, 0) is 17.7 Å². The number of nitrogen functional groups attached to an aromatic ring is 1. The minimum atomic E-state index is -0.228. The summed E-state index contributed by atoms with van der Waals surface area (Å²) in [6, 6.07) is 13.1. The molecule has 2 aromatic heterocycles. The number of hydrogen-bond acceptors (Lipinski definition) is 4. The lowest BCUT2D eigenvalue weighted by Gasteiger charge is -2.07. The third-order valence-corrected chi connectivity index (χ3v) is 2.92. The molecule has 0 aliphatic heterocycles. The Morgan fingerprint density at radius 3 is 2.68 bits per heavy atom. The van der Waals surface area contributed by atoms with E-state index >= 15 is 0 Å². The molecule has 0 aliphatic carbocycles. The largest absolute Gasteiger partial charge is 0.382 e. The molecule has 0 spiro atoms. The van der Waals surface area contributed by atoms with E-state index in [9.17, 15) is 4.79 Å². The summed E-state index contributed by atoms with van der Waals surface area (Å²) in [5.41, 5.74) is 6.99. The SMILES string of the molecule is Nc1nn(Cc2ccccc2)c(=O)c2ncccc12. The average Bonchev–Trinajstić information content (AvgIpc) is 2.46. The van der Waals surface area contributed by atoms with Gasteiger partial charge >= 0.3 is 0 Å². The molecule has 3 aromatic rings. The zero-order valence-electron chi connectivity index (χ0n) is 10.2. The zero-order chi connectivity index (χ0) is 13.2. The Hall–Kier alpha value is -2.69. The number of rotatable bonds is 2. The topological polar surface area (TPSA) is 73.8 Å². The highest BCUT2D eigenvalue weighted by Crippen LogP contribution is 2.12. The lowest BCUT2D eigenvalue weighted by molar-refractivity contribution is 0.650. The van der Waals surface area contributed by atoms with E-state index in [-0.39, 0.29) is 5.56 Å². The van der Waals surface area contributed by atoms with Gasteiger partial charge in [0, 0.05) is 11.6 Å². The van der Waals surface area contributed by atoms with Gasteiger partial charge in [0.05, 0.1) is 6.54 Å². The van der Waals surface area contributed by atoms with E-state index in [1.54, 1.807) is 18.3 Å². The molecule has 1 aromatic carbocycles. The van der Waals surface area contributed by atoms with Gasteiger partial charge in [-0.1, -0.05) is 30.3 Å². The van der Waals surface area contributed by atoms with Crippen molar-refractivity contribution >= 4 is 16.7 Å². The number of aromatic nitrogens is 3. The second-order valence-corrected chi connectivity index (χ2v) is 4.23. The second-order valence-electron chi connectivity index (χ2n) is 4.23. The van der Waals surface area contributed by atoms with Crippen LogP contribution in [0.15, 0.2) is 53.5 Å². The molecule has 94 valence electrons. The summed E-state index contributed by atoms with van der Waals surface area (Å²) >= 11 is 0. The summed E-state index contributed by atoms with van der Waals surface area (Å²) in [6.45, 7) is 0.385. The molecule has 5 nitrogen and oxygen atoms in total. The van der Waals surface area contributed by atoms with Gasteiger partial charge in [0.25, 0.3) is 5.56 Å². The maximum Gasteiger partial charge on any atom is 0.293 e. The van der Waals surface area contributed by atoms with Crippen molar-refractivity contribution in [1.82, 2.24) is 14.8 Å². The van der Waals surface area contributed by atoms with E-state index in [1.165, 1.54) is 4.68 Å². The van der Waals surface area contributed by atoms with Crippen LogP contribution in [0.5, 0.6) is 0 Å². The van der Waals surface area contributed by atoms with Crippen LogP contribution >= 0.6 is 0 Å². The molecular weight excluding hydrogens is 240 g/mol. The molecule has 0 radical (unpaired) electrons. The van der Waals surface area contributed by atoms with Crippen LogP contribution in [0.25, 0.3) is 10.9 Å². The fraction of sp³-hybridized carbons (Fsp3) is 0.0714. The molecule has 0 aliphatic rings. The van der Waals surface area contributed by atoms with Gasteiger partial charge < -0.3 is 5.73 Å². The Kier molecular flexibility index (Phi) is 2.72. The molecule has 3 rings (SSSR count). The Bertz CT molecular complexity index is 780. The van der Waals surface area contributed by atoms with Crippen LogP contribution in [0.2, 0.25) is 0 Å². The summed E-state index contributed by atoms with van der Waals surface area (Å²) in [4.78, 5) is 16.4. The maximum atomic E-state index is 12.3. The lowest BCUT2D eigenvalue weighted by Crippen LogP contribution is -2.25. The fourth-order valence-electron chi connectivity index (χ4n) is 2.00. The van der Waals surface area contributed by atoms with Gasteiger partial charge in [0.1, 0.15) is 5.52 Å². The van der Waals surface area contributed by atoms with Gasteiger partial charge in [-0.15, -0.1) is 0 Å². The van der Waals surface area contributed by atoms with E-state index in [4.69, 9.17) is 5.73 Å². The highest BCUT2D eigenvalue weighted by molar-refractivity contribution is 5.86. The monoisotopic (exact) mass is 252 g/mol. The molecular formula is C14H12N4O. The molecule has 2 heterocycles. The molecule has 19 heavy (non-hydrogen) atoms. The molecule has 0 fully saturated rings. The normalized spacial score (nSPS) is 10.7. The number of nitrogens with zero attached hydrogens (tertiary/aromatic N) is 3.